The van der Waals surface area contributed by atoms with Crippen LogP contribution >= 0.6 is 34.9 Å². The van der Waals surface area contributed by atoms with Crippen LogP contribution < -0.4 is 45.7 Å². The summed E-state index contributed by atoms with van der Waals surface area (Å²) < 4.78 is 5.59. The van der Waals surface area contributed by atoms with Crippen LogP contribution in [0.3, 0.4) is 0 Å². The molecule has 0 saturated carbocycles. The van der Waals surface area contributed by atoms with Crippen LogP contribution in [0.4, 0.5) is 5.13 Å². The predicted octanol–water partition coefficient (Wildman–Crippen LogP) is -3.65. The van der Waals surface area contributed by atoms with Gasteiger partial charge in [-0.15, -0.1) is 34.9 Å². The molecule has 0 bridgehead atoms. The predicted molar refractivity (Wildman–Crippen MR) is 119 cm³/mol. The summed E-state index contributed by atoms with van der Waals surface area (Å²) in [5, 5.41) is 19.4. The van der Waals surface area contributed by atoms with E-state index in [1.165, 1.54) is 35.5 Å². The number of thiazole rings is 1. The van der Waals surface area contributed by atoms with Crippen molar-refractivity contribution in [2.75, 3.05) is 31.0 Å². The number of hydrogen-bond donors (Lipinski definition) is 2. The van der Waals surface area contributed by atoms with E-state index in [-0.39, 0.29) is 57.9 Å². The average molecular weight is 522 g/mol. The molecule has 0 aromatic carbocycles. The summed E-state index contributed by atoms with van der Waals surface area (Å²) in [7, 11) is 1.28. The summed E-state index contributed by atoms with van der Waals surface area (Å²) in [4.78, 5) is 47.9. The first kappa shape index (κ1) is 26.3. The number of anilines is 1. The molecular weight excluding hydrogens is 501 g/mol. The third-order valence-corrected chi connectivity index (χ3v) is 8.40. The number of fused-ring (bicyclic) bond motifs is 1. The number of carboxylic acids is 1. The van der Waals surface area contributed by atoms with E-state index in [1.807, 2.05) is 0 Å². The Morgan fingerprint density at radius 1 is 1.52 bits per heavy atom. The molecule has 0 radical (unpaired) electrons. The van der Waals surface area contributed by atoms with Crippen LogP contribution in [-0.2, 0) is 24.0 Å². The molecule has 4 heterocycles. The van der Waals surface area contributed by atoms with Gasteiger partial charge in [-0.25, -0.2) is 4.98 Å². The Morgan fingerprint density at radius 3 is 2.91 bits per heavy atom. The minimum Gasteiger partial charge on any atom is -0.543 e. The number of nitrogens with one attached hydrogen (secondary N) is 1. The van der Waals surface area contributed by atoms with E-state index in [1.54, 1.807) is 5.38 Å². The molecule has 2 fully saturated rings. The molecule has 3 aliphatic rings. The monoisotopic (exact) mass is 521 g/mol. The fraction of sp³-hybridized carbons (Fsp3) is 0.500. The van der Waals surface area contributed by atoms with Gasteiger partial charge in [-0.05, 0) is 12.8 Å². The third kappa shape index (κ3) is 5.52. The summed E-state index contributed by atoms with van der Waals surface area (Å²) >= 11 is 3.89. The Labute approximate surface area is 224 Å². The number of β-lactam (4-membered cyclic amide) rings is 1. The zero-order valence-electron chi connectivity index (χ0n) is 17.9. The number of amides is 2. The Kier molecular flexibility index (Phi) is 9.11. The van der Waals surface area contributed by atoms with Gasteiger partial charge in [0.05, 0.1) is 17.8 Å². The van der Waals surface area contributed by atoms with Crippen LogP contribution in [0, 0.1) is 0 Å². The number of nitrogens with two attached hydrogens (primary N) is 1. The number of oxime groups is 1. The van der Waals surface area contributed by atoms with Crippen molar-refractivity contribution in [1.29, 1.82) is 0 Å². The molecule has 3 N–H and O–H groups in total. The van der Waals surface area contributed by atoms with Crippen LogP contribution in [0.2, 0.25) is 0 Å². The average Bonchev–Trinajstić information content (AvgIpc) is 3.45. The van der Waals surface area contributed by atoms with Crippen LogP contribution in [0.25, 0.3) is 0 Å². The molecule has 4 rings (SSSR count). The SMILES string of the molecule is CO/N=C(\C(=O)NC1C(=O)N2C(C(=O)[O-])=C(SCC3CCCO3)CS[C@H]12)c1csc(N)n1.[Na+]. The maximum absolute atomic E-state index is 12.8. The number of carbonyl (C=O) groups is 3. The molecule has 11 nitrogen and oxygen atoms in total. The van der Waals surface area contributed by atoms with E-state index in [2.05, 4.69) is 15.5 Å². The normalized spacial score (nSPS) is 24.6. The van der Waals surface area contributed by atoms with E-state index in [0.29, 0.717) is 23.0 Å². The molecule has 1 aromatic heterocycles. The van der Waals surface area contributed by atoms with Crippen LogP contribution in [0.1, 0.15) is 18.5 Å². The number of rotatable bonds is 8. The molecule has 0 aliphatic carbocycles. The number of carbonyl (C=O) groups excluding carboxylic acids is 3. The first-order valence-electron chi connectivity index (χ1n) is 9.67. The molecule has 2 amide bonds. The minimum absolute atomic E-state index is 0. The van der Waals surface area contributed by atoms with Crippen molar-refractivity contribution >= 4 is 63.5 Å². The number of thioether (sulfide) groups is 2. The number of nitrogens with zero attached hydrogens (tertiary/aromatic N) is 3. The van der Waals surface area contributed by atoms with Crippen molar-refractivity contribution in [3.8, 4) is 0 Å². The fourth-order valence-corrected chi connectivity index (χ4v) is 6.81. The van der Waals surface area contributed by atoms with Gasteiger partial charge in [-0.1, -0.05) is 5.16 Å². The minimum atomic E-state index is -1.41. The van der Waals surface area contributed by atoms with Crippen molar-refractivity contribution in [3.63, 3.8) is 0 Å². The van der Waals surface area contributed by atoms with Gasteiger partial charge in [0, 0.05) is 28.4 Å². The number of carboxylic acid groups (broad SMARTS) is 1. The van der Waals surface area contributed by atoms with Crippen molar-refractivity contribution < 1.29 is 58.6 Å². The largest absolute Gasteiger partial charge is 1.00 e. The van der Waals surface area contributed by atoms with E-state index >= 15 is 0 Å². The smallest absolute Gasteiger partial charge is 0.543 e. The summed E-state index contributed by atoms with van der Waals surface area (Å²) in [5.41, 5.74) is 5.58. The molecule has 15 heteroatoms. The molecule has 33 heavy (non-hydrogen) atoms. The van der Waals surface area contributed by atoms with E-state index in [9.17, 15) is 19.5 Å². The summed E-state index contributed by atoms with van der Waals surface area (Å²) in [6.45, 7) is 0.711. The van der Waals surface area contributed by atoms with Crippen LogP contribution in [-0.4, -0.2) is 76.1 Å². The molecule has 0 spiro atoms. The second kappa shape index (κ2) is 11.4. The van der Waals surface area contributed by atoms with Crippen LogP contribution in [0.15, 0.2) is 21.1 Å². The number of ether oxygens (including phenoxy) is 1. The Bertz CT molecular complexity index is 996. The second-order valence-corrected chi connectivity index (χ2v) is 10.2. The van der Waals surface area contributed by atoms with E-state index < -0.39 is 29.2 Å². The molecule has 172 valence electrons. The number of aromatic nitrogens is 1. The van der Waals surface area contributed by atoms with E-state index in [4.69, 9.17) is 15.3 Å². The zero-order chi connectivity index (χ0) is 22.8. The molecule has 2 saturated heterocycles. The topological polar surface area (TPSA) is 159 Å². The Balaban J connectivity index is 0.00000306. The van der Waals surface area contributed by atoms with Crippen LogP contribution in [0.5, 0.6) is 0 Å². The van der Waals surface area contributed by atoms with Crippen molar-refractivity contribution in [1.82, 2.24) is 15.2 Å². The van der Waals surface area contributed by atoms with Gasteiger partial charge in [0.15, 0.2) is 10.8 Å². The van der Waals surface area contributed by atoms with Gasteiger partial charge in [-0.3, -0.25) is 14.5 Å². The molecule has 2 unspecified atom stereocenters. The second-order valence-electron chi connectivity index (χ2n) is 7.06. The third-order valence-electron chi connectivity index (χ3n) is 5.04. The van der Waals surface area contributed by atoms with Gasteiger partial charge in [0.2, 0.25) is 0 Å². The molecule has 3 atom stereocenters. The fourth-order valence-electron chi connectivity index (χ4n) is 3.56. The van der Waals surface area contributed by atoms with E-state index in [0.717, 1.165) is 24.2 Å². The molecule has 3 aliphatic heterocycles. The first-order chi connectivity index (χ1) is 15.4. The summed E-state index contributed by atoms with van der Waals surface area (Å²) in [6.07, 6.45) is 2.00. The molecule has 1 aromatic rings. The number of nitrogen functional groups attached to an aromatic ring is 1. The first-order valence-corrected chi connectivity index (χ1v) is 12.6. The Morgan fingerprint density at radius 2 is 2.30 bits per heavy atom. The van der Waals surface area contributed by atoms with Gasteiger partial charge < -0.3 is 30.5 Å². The number of hydrogen-bond acceptors (Lipinski definition) is 12. The molecular formula is C18H20N5NaO6S3. The maximum atomic E-state index is 12.8. The summed E-state index contributed by atoms with van der Waals surface area (Å²) in [6, 6.07) is -0.912. The van der Waals surface area contributed by atoms with Gasteiger partial charge in [0.1, 0.15) is 24.2 Å². The standard InChI is InChI=1S/C18H21N5O6S3.Na/c1-28-22-11(9-6-32-18(19)20-9)14(24)21-12-15(25)23-13(17(26)27)10(7-31-16(12)23)30-5-8-3-2-4-29-8;/h6,8,12,16H,2-5,7H2,1H3,(H2,19,20)(H,21,24)(H,26,27);/q;+1/p-1/b22-11-;/t8?,12?,16-;/m1./s1. The van der Waals surface area contributed by atoms with Crippen molar-refractivity contribution in [3.05, 3.63) is 21.7 Å². The number of aliphatic carboxylic acids is 1. The van der Waals surface area contributed by atoms with Gasteiger partial charge >= 0.3 is 29.6 Å². The van der Waals surface area contributed by atoms with Crippen molar-refractivity contribution in [2.24, 2.45) is 5.16 Å². The maximum Gasteiger partial charge on any atom is 1.00 e. The Hall–Kier alpha value is -1.29. The van der Waals surface area contributed by atoms with Gasteiger partial charge in [-0.2, -0.15) is 0 Å². The zero-order valence-corrected chi connectivity index (χ0v) is 22.4. The summed E-state index contributed by atoms with van der Waals surface area (Å²) in [5.74, 6) is -1.60. The van der Waals surface area contributed by atoms with Gasteiger partial charge in [0.25, 0.3) is 11.8 Å². The van der Waals surface area contributed by atoms with Crippen molar-refractivity contribution in [2.45, 2.75) is 30.4 Å². The quantitative estimate of drug-likeness (QED) is 0.151.